The number of carbonyl (C=O) groups is 1. The average molecular weight is 380 g/mol. The van der Waals surface area contributed by atoms with Crippen LogP contribution in [0.1, 0.15) is 22.0 Å². The van der Waals surface area contributed by atoms with Gasteiger partial charge in [-0.15, -0.1) is 0 Å². The van der Waals surface area contributed by atoms with Crippen molar-refractivity contribution < 1.29 is 31.5 Å². The van der Waals surface area contributed by atoms with Crippen molar-refractivity contribution in [3.8, 4) is 5.75 Å². The number of aromatic nitrogens is 1. The smallest absolute Gasteiger partial charge is 0.287 e. The van der Waals surface area contributed by atoms with E-state index in [-0.39, 0.29) is 24.1 Å². The van der Waals surface area contributed by atoms with Crippen LogP contribution in [0, 0.1) is 23.3 Å². The summed E-state index contributed by atoms with van der Waals surface area (Å²) in [7, 11) is 0. The molecule has 3 aromatic rings. The molecule has 1 amide bonds. The van der Waals surface area contributed by atoms with Gasteiger partial charge >= 0.3 is 0 Å². The van der Waals surface area contributed by atoms with Crippen LogP contribution in [0.25, 0.3) is 0 Å². The normalized spacial score (nSPS) is 10.7. The Hall–Kier alpha value is -3.36. The third-order valence-electron chi connectivity index (χ3n) is 3.47. The second-order valence-electron chi connectivity index (χ2n) is 5.36. The molecule has 5 nitrogen and oxygen atoms in total. The maximum atomic E-state index is 13.5. The number of carbonyl (C=O) groups excluding carboxylic acids is 1. The highest BCUT2D eigenvalue weighted by molar-refractivity contribution is 5.91. The molecule has 1 aromatic carbocycles. The Morgan fingerprint density at radius 1 is 1.07 bits per heavy atom. The van der Waals surface area contributed by atoms with Gasteiger partial charge in [-0.25, -0.2) is 8.78 Å². The zero-order chi connectivity index (χ0) is 19.4. The standard InChI is InChI=1S/C18H12F4N2O3/c19-12-7-13(20)16(22)17(15(12)21)26-9-11-4-5-14(27-11)18(25)24-8-10-3-1-2-6-23-10/h1-7H,8-9H2,(H,24,25). The van der Waals surface area contributed by atoms with Crippen molar-refractivity contribution in [3.05, 3.63) is 83.1 Å². The number of halogens is 4. The molecule has 0 saturated heterocycles. The van der Waals surface area contributed by atoms with Gasteiger partial charge in [0.25, 0.3) is 5.91 Å². The van der Waals surface area contributed by atoms with Gasteiger partial charge < -0.3 is 14.5 Å². The summed E-state index contributed by atoms with van der Waals surface area (Å²) < 4.78 is 63.3. The monoisotopic (exact) mass is 380 g/mol. The number of furan rings is 1. The molecule has 2 aromatic heterocycles. The van der Waals surface area contributed by atoms with Gasteiger partial charge in [0, 0.05) is 12.3 Å². The molecule has 140 valence electrons. The Balaban J connectivity index is 1.62. The van der Waals surface area contributed by atoms with Crippen molar-refractivity contribution >= 4 is 5.91 Å². The molecule has 9 heteroatoms. The van der Waals surface area contributed by atoms with Crippen molar-refractivity contribution in [2.75, 3.05) is 0 Å². The third kappa shape index (κ3) is 4.25. The fourth-order valence-electron chi connectivity index (χ4n) is 2.16. The van der Waals surface area contributed by atoms with Crippen LogP contribution < -0.4 is 10.1 Å². The summed E-state index contributed by atoms with van der Waals surface area (Å²) in [5.74, 6) is -8.28. The Morgan fingerprint density at radius 2 is 1.81 bits per heavy atom. The number of rotatable bonds is 6. The molecule has 0 aliphatic rings. The lowest BCUT2D eigenvalue weighted by molar-refractivity contribution is 0.0918. The number of nitrogens with zero attached hydrogens (tertiary/aromatic N) is 1. The molecule has 0 aliphatic heterocycles. The van der Waals surface area contributed by atoms with Gasteiger partial charge in [-0.05, 0) is 24.3 Å². The topological polar surface area (TPSA) is 64.4 Å². The Kier molecular flexibility index (Phi) is 5.39. The predicted molar refractivity (Wildman–Crippen MR) is 84.7 cm³/mol. The summed E-state index contributed by atoms with van der Waals surface area (Å²) in [5.41, 5.74) is 0.639. The van der Waals surface area contributed by atoms with Gasteiger partial charge in [-0.1, -0.05) is 6.07 Å². The number of ether oxygens (including phenoxy) is 1. The van der Waals surface area contributed by atoms with Crippen LogP contribution in [0.4, 0.5) is 17.6 Å². The lowest BCUT2D eigenvalue weighted by Gasteiger charge is -2.08. The van der Waals surface area contributed by atoms with E-state index < -0.39 is 41.5 Å². The first-order valence-electron chi connectivity index (χ1n) is 7.68. The number of hydrogen-bond acceptors (Lipinski definition) is 4. The third-order valence-corrected chi connectivity index (χ3v) is 3.47. The minimum Gasteiger partial charge on any atom is -0.479 e. The maximum absolute atomic E-state index is 13.5. The molecule has 0 radical (unpaired) electrons. The highest BCUT2D eigenvalue weighted by Crippen LogP contribution is 2.27. The zero-order valence-electron chi connectivity index (χ0n) is 13.6. The fraction of sp³-hybridized carbons (Fsp3) is 0.111. The van der Waals surface area contributed by atoms with Crippen LogP contribution in [-0.2, 0) is 13.2 Å². The van der Waals surface area contributed by atoms with Crippen LogP contribution in [0.2, 0.25) is 0 Å². The van der Waals surface area contributed by atoms with Crippen molar-refractivity contribution in [1.29, 1.82) is 0 Å². The highest BCUT2D eigenvalue weighted by Gasteiger charge is 2.21. The Bertz CT molecular complexity index is 934. The number of pyridine rings is 1. The summed E-state index contributed by atoms with van der Waals surface area (Å²) in [5, 5.41) is 2.58. The molecule has 0 saturated carbocycles. The van der Waals surface area contributed by atoms with E-state index in [9.17, 15) is 22.4 Å². The Labute approximate surface area is 150 Å². The molecule has 0 atom stereocenters. The minimum absolute atomic E-state index is 0.0291. The first-order valence-corrected chi connectivity index (χ1v) is 7.68. The zero-order valence-corrected chi connectivity index (χ0v) is 13.6. The second kappa shape index (κ2) is 7.90. The van der Waals surface area contributed by atoms with Crippen LogP contribution in [0.15, 0.2) is 47.0 Å². The quantitative estimate of drug-likeness (QED) is 0.523. The summed E-state index contributed by atoms with van der Waals surface area (Å²) in [6.45, 7) is -0.366. The maximum Gasteiger partial charge on any atom is 0.287 e. The first-order chi connectivity index (χ1) is 13.0. The van der Waals surface area contributed by atoms with E-state index in [1.54, 1.807) is 24.4 Å². The van der Waals surface area contributed by atoms with E-state index in [4.69, 9.17) is 9.15 Å². The number of amides is 1. The largest absolute Gasteiger partial charge is 0.479 e. The van der Waals surface area contributed by atoms with E-state index >= 15 is 0 Å². The van der Waals surface area contributed by atoms with Crippen molar-refractivity contribution in [3.63, 3.8) is 0 Å². The molecule has 0 fully saturated rings. The van der Waals surface area contributed by atoms with Crippen LogP contribution in [0.3, 0.4) is 0 Å². The van der Waals surface area contributed by atoms with Crippen molar-refractivity contribution in [2.24, 2.45) is 0 Å². The van der Waals surface area contributed by atoms with E-state index in [1.165, 1.54) is 12.1 Å². The second-order valence-corrected chi connectivity index (χ2v) is 5.36. The van der Waals surface area contributed by atoms with Gasteiger partial charge in [-0.2, -0.15) is 8.78 Å². The highest BCUT2D eigenvalue weighted by atomic mass is 19.2. The van der Waals surface area contributed by atoms with Gasteiger partial charge in [0.1, 0.15) is 12.4 Å². The number of hydrogen-bond donors (Lipinski definition) is 1. The first kappa shape index (κ1) is 18.4. The van der Waals surface area contributed by atoms with E-state index in [0.29, 0.717) is 5.69 Å². The van der Waals surface area contributed by atoms with Crippen molar-refractivity contribution in [2.45, 2.75) is 13.2 Å². The fourth-order valence-corrected chi connectivity index (χ4v) is 2.16. The molecule has 0 aliphatic carbocycles. The lowest BCUT2D eigenvalue weighted by Crippen LogP contribution is -2.22. The summed E-state index contributed by atoms with van der Waals surface area (Å²) in [6.07, 6.45) is 1.58. The van der Waals surface area contributed by atoms with Gasteiger partial charge in [0.05, 0.1) is 12.2 Å². The molecule has 0 bridgehead atoms. The van der Waals surface area contributed by atoms with Crippen LogP contribution in [0.5, 0.6) is 5.75 Å². The van der Waals surface area contributed by atoms with Gasteiger partial charge in [-0.3, -0.25) is 9.78 Å². The molecule has 0 spiro atoms. The van der Waals surface area contributed by atoms with E-state index in [2.05, 4.69) is 10.3 Å². The summed E-state index contributed by atoms with van der Waals surface area (Å²) in [4.78, 5) is 16.1. The van der Waals surface area contributed by atoms with Crippen LogP contribution >= 0.6 is 0 Å². The Morgan fingerprint density at radius 3 is 2.48 bits per heavy atom. The minimum atomic E-state index is -1.66. The van der Waals surface area contributed by atoms with E-state index in [1.807, 2.05) is 0 Å². The molecule has 0 unspecified atom stereocenters. The predicted octanol–water partition coefficient (Wildman–Crippen LogP) is 3.74. The molecular weight excluding hydrogens is 368 g/mol. The lowest BCUT2D eigenvalue weighted by atomic mass is 10.3. The number of benzene rings is 1. The summed E-state index contributed by atoms with van der Waals surface area (Å²) >= 11 is 0. The van der Waals surface area contributed by atoms with Crippen LogP contribution in [-0.4, -0.2) is 10.9 Å². The SMILES string of the molecule is O=C(NCc1ccccn1)c1ccc(COc2c(F)c(F)cc(F)c2F)o1. The molecule has 1 N–H and O–H groups in total. The van der Waals surface area contributed by atoms with Gasteiger partial charge in [0.15, 0.2) is 23.1 Å². The van der Waals surface area contributed by atoms with Gasteiger partial charge in [0.2, 0.25) is 11.6 Å². The average Bonchev–Trinajstić information content (AvgIpc) is 3.14. The molecular formula is C18H12F4N2O3. The van der Waals surface area contributed by atoms with Crippen molar-refractivity contribution in [1.82, 2.24) is 10.3 Å². The molecule has 27 heavy (non-hydrogen) atoms. The number of nitrogens with one attached hydrogen (secondary N) is 1. The molecule has 3 rings (SSSR count). The van der Waals surface area contributed by atoms with E-state index in [0.717, 1.165) is 0 Å². The summed E-state index contributed by atoms with van der Waals surface area (Å²) in [6, 6.07) is 7.97. The molecule has 2 heterocycles.